The number of amides is 1. The maximum absolute atomic E-state index is 11.4. The van der Waals surface area contributed by atoms with Gasteiger partial charge in [-0.1, -0.05) is 0 Å². The van der Waals surface area contributed by atoms with Crippen LogP contribution in [0.1, 0.15) is 13.3 Å². The van der Waals surface area contributed by atoms with Crippen molar-refractivity contribution in [2.75, 3.05) is 18.5 Å². The standard InChI is InChI=1S/C13H18N2O3.ClH/c1-9(14)13(16)15-10-2-4-11(5-3-10)18-12-6-7-17-8-12;/h2-5,9,12H,6-8,14H2,1H3,(H,15,16);1H/t9-,12?;/m1./s1. The van der Waals surface area contributed by atoms with Gasteiger partial charge in [-0.15, -0.1) is 12.4 Å². The molecule has 1 aromatic rings. The number of hydrogen-bond acceptors (Lipinski definition) is 4. The van der Waals surface area contributed by atoms with Crippen molar-refractivity contribution >= 4 is 24.0 Å². The third-order valence-corrected chi connectivity index (χ3v) is 2.73. The summed E-state index contributed by atoms with van der Waals surface area (Å²) in [5.74, 6) is 0.581. The van der Waals surface area contributed by atoms with Crippen LogP contribution in [0.15, 0.2) is 24.3 Å². The predicted molar refractivity (Wildman–Crippen MR) is 75.8 cm³/mol. The maximum Gasteiger partial charge on any atom is 0.240 e. The molecule has 19 heavy (non-hydrogen) atoms. The lowest BCUT2D eigenvalue weighted by atomic mass is 10.2. The molecule has 1 aliphatic heterocycles. The largest absolute Gasteiger partial charge is 0.488 e. The van der Waals surface area contributed by atoms with Crippen LogP contribution in [0, 0.1) is 0 Å². The number of halogens is 1. The fourth-order valence-electron chi connectivity index (χ4n) is 1.67. The summed E-state index contributed by atoms with van der Waals surface area (Å²) in [5, 5.41) is 2.72. The monoisotopic (exact) mass is 286 g/mol. The summed E-state index contributed by atoms with van der Waals surface area (Å²) >= 11 is 0. The summed E-state index contributed by atoms with van der Waals surface area (Å²) in [7, 11) is 0. The van der Waals surface area contributed by atoms with E-state index < -0.39 is 6.04 Å². The molecular weight excluding hydrogens is 268 g/mol. The van der Waals surface area contributed by atoms with Crippen molar-refractivity contribution in [2.45, 2.75) is 25.5 Å². The Balaban J connectivity index is 0.00000180. The number of rotatable bonds is 4. The highest BCUT2D eigenvalue weighted by Gasteiger charge is 2.17. The molecule has 1 aromatic carbocycles. The van der Waals surface area contributed by atoms with Crippen LogP contribution in [0.5, 0.6) is 5.75 Å². The van der Waals surface area contributed by atoms with E-state index in [0.717, 1.165) is 18.8 Å². The van der Waals surface area contributed by atoms with Crippen molar-refractivity contribution in [1.82, 2.24) is 0 Å². The van der Waals surface area contributed by atoms with Crippen molar-refractivity contribution in [2.24, 2.45) is 5.73 Å². The molecule has 1 heterocycles. The zero-order valence-corrected chi connectivity index (χ0v) is 11.6. The number of hydrogen-bond donors (Lipinski definition) is 2. The summed E-state index contributed by atoms with van der Waals surface area (Å²) in [5.41, 5.74) is 6.19. The van der Waals surface area contributed by atoms with Crippen LogP contribution >= 0.6 is 12.4 Å². The lowest BCUT2D eigenvalue weighted by Gasteiger charge is -2.12. The molecule has 1 unspecified atom stereocenters. The Morgan fingerprint density at radius 3 is 2.68 bits per heavy atom. The van der Waals surface area contributed by atoms with E-state index in [9.17, 15) is 4.79 Å². The first-order valence-corrected chi connectivity index (χ1v) is 6.06. The maximum atomic E-state index is 11.4. The molecule has 2 rings (SSSR count). The molecule has 0 bridgehead atoms. The zero-order chi connectivity index (χ0) is 13.0. The minimum absolute atomic E-state index is 0. The molecule has 0 saturated carbocycles. The fraction of sp³-hybridized carbons (Fsp3) is 0.462. The second-order valence-electron chi connectivity index (χ2n) is 4.41. The van der Waals surface area contributed by atoms with Gasteiger partial charge < -0.3 is 20.5 Å². The second kappa shape index (κ2) is 7.33. The zero-order valence-electron chi connectivity index (χ0n) is 10.8. The van der Waals surface area contributed by atoms with Gasteiger partial charge in [-0.05, 0) is 31.2 Å². The lowest BCUT2D eigenvalue weighted by Crippen LogP contribution is -2.32. The summed E-state index contributed by atoms with van der Waals surface area (Å²) in [4.78, 5) is 11.4. The van der Waals surface area contributed by atoms with E-state index in [1.54, 1.807) is 19.1 Å². The van der Waals surface area contributed by atoms with Gasteiger partial charge in [-0.25, -0.2) is 0 Å². The van der Waals surface area contributed by atoms with Gasteiger partial charge >= 0.3 is 0 Å². The molecule has 106 valence electrons. The van der Waals surface area contributed by atoms with E-state index in [1.807, 2.05) is 12.1 Å². The Morgan fingerprint density at radius 1 is 1.47 bits per heavy atom. The van der Waals surface area contributed by atoms with Crippen LogP contribution in [0.4, 0.5) is 5.69 Å². The third kappa shape index (κ3) is 4.70. The summed E-state index contributed by atoms with van der Waals surface area (Å²) < 4.78 is 11.0. The Kier molecular flexibility index (Phi) is 6.08. The molecule has 3 N–H and O–H groups in total. The van der Waals surface area contributed by atoms with Crippen molar-refractivity contribution < 1.29 is 14.3 Å². The van der Waals surface area contributed by atoms with Crippen molar-refractivity contribution in [3.05, 3.63) is 24.3 Å². The molecule has 1 fully saturated rings. The normalized spacial score (nSPS) is 19.4. The Morgan fingerprint density at radius 2 is 2.16 bits per heavy atom. The molecule has 6 heteroatoms. The highest BCUT2D eigenvalue weighted by Crippen LogP contribution is 2.19. The molecule has 1 saturated heterocycles. The summed E-state index contributed by atoms with van der Waals surface area (Å²) in [6.07, 6.45) is 1.05. The summed E-state index contributed by atoms with van der Waals surface area (Å²) in [6.45, 7) is 3.04. The van der Waals surface area contributed by atoms with Gasteiger partial charge in [0.05, 0.1) is 19.3 Å². The van der Waals surface area contributed by atoms with Gasteiger partial charge in [0, 0.05) is 12.1 Å². The molecule has 1 aliphatic rings. The SMILES string of the molecule is C[C@@H](N)C(=O)Nc1ccc(OC2CCOC2)cc1.Cl. The van der Waals surface area contributed by atoms with E-state index >= 15 is 0 Å². The number of carbonyl (C=O) groups is 1. The Bertz CT molecular complexity index is 403. The first-order chi connectivity index (χ1) is 8.65. The van der Waals surface area contributed by atoms with Crippen LogP contribution in [0.25, 0.3) is 0 Å². The van der Waals surface area contributed by atoms with Gasteiger partial charge in [0.1, 0.15) is 11.9 Å². The Hall–Kier alpha value is -1.30. The van der Waals surface area contributed by atoms with Gasteiger partial charge in [0.25, 0.3) is 0 Å². The van der Waals surface area contributed by atoms with E-state index in [0.29, 0.717) is 12.3 Å². The highest BCUT2D eigenvalue weighted by atomic mass is 35.5. The van der Waals surface area contributed by atoms with Crippen LogP contribution in [-0.4, -0.2) is 31.3 Å². The van der Waals surface area contributed by atoms with Crippen molar-refractivity contribution in [3.8, 4) is 5.75 Å². The van der Waals surface area contributed by atoms with E-state index in [1.165, 1.54) is 0 Å². The van der Waals surface area contributed by atoms with Gasteiger partial charge in [-0.3, -0.25) is 4.79 Å². The molecular formula is C13H19ClN2O3. The average Bonchev–Trinajstić information content (AvgIpc) is 2.84. The summed E-state index contributed by atoms with van der Waals surface area (Å²) in [6, 6.07) is 6.73. The first kappa shape index (κ1) is 15.8. The molecule has 1 amide bonds. The van der Waals surface area contributed by atoms with E-state index in [-0.39, 0.29) is 24.4 Å². The van der Waals surface area contributed by atoms with Crippen LogP contribution in [0.3, 0.4) is 0 Å². The third-order valence-electron chi connectivity index (χ3n) is 2.73. The molecule has 5 nitrogen and oxygen atoms in total. The average molecular weight is 287 g/mol. The lowest BCUT2D eigenvalue weighted by molar-refractivity contribution is -0.117. The molecule has 0 aliphatic carbocycles. The van der Waals surface area contributed by atoms with Gasteiger partial charge in [0.15, 0.2) is 0 Å². The van der Waals surface area contributed by atoms with Gasteiger partial charge in [-0.2, -0.15) is 0 Å². The number of nitrogens with two attached hydrogens (primary N) is 1. The molecule has 2 atom stereocenters. The van der Waals surface area contributed by atoms with E-state index in [4.69, 9.17) is 15.2 Å². The highest BCUT2D eigenvalue weighted by molar-refractivity contribution is 5.94. The number of anilines is 1. The Labute approximate surface area is 118 Å². The fourth-order valence-corrected chi connectivity index (χ4v) is 1.67. The molecule has 0 radical (unpaired) electrons. The minimum atomic E-state index is -0.517. The minimum Gasteiger partial charge on any atom is -0.488 e. The van der Waals surface area contributed by atoms with Crippen LogP contribution in [-0.2, 0) is 9.53 Å². The quantitative estimate of drug-likeness (QED) is 0.881. The van der Waals surface area contributed by atoms with E-state index in [2.05, 4.69) is 5.32 Å². The number of benzene rings is 1. The predicted octanol–water partition coefficient (Wildman–Crippen LogP) is 1.56. The number of ether oxygens (including phenoxy) is 2. The van der Waals surface area contributed by atoms with Crippen molar-refractivity contribution in [1.29, 1.82) is 0 Å². The second-order valence-corrected chi connectivity index (χ2v) is 4.41. The number of nitrogens with one attached hydrogen (secondary N) is 1. The van der Waals surface area contributed by atoms with Gasteiger partial charge in [0.2, 0.25) is 5.91 Å². The first-order valence-electron chi connectivity index (χ1n) is 6.06. The number of carbonyl (C=O) groups excluding carboxylic acids is 1. The molecule has 0 aromatic heterocycles. The molecule has 0 spiro atoms. The smallest absolute Gasteiger partial charge is 0.240 e. The van der Waals surface area contributed by atoms with Crippen molar-refractivity contribution in [3.63, 3.8) is 0 Å². The topological polar surface area (TPSA) is 73.6 Å². The van der Waals surface area contributed by atoms with Crippen LogP contribution in [0.2, 0.25) is 0 Å². The van der Waals surface area contributed by atoms with Crippen LogP contribution < -0.4 is 15.8 Å².